The van der Waals surface area contributed by atoms with Crippen molar-refractivity contribution >= 4 is 34.1 Å². The summed E-state index contributed by atoms with van der Waals surface area (Å²) >= 11 is 0. The lowest BCUT2D eigenvalue weighted by Crippen LogP contribution is -2.34. The number of hydrogen-bond acceptors (Lipinski definition) is 2. The summed E-state index contributed by atoms with van der Waals surface area (Å²) in [4.78, 5) is 0. The third-order valence-corrected chi connectivity index (χ3v) is 5.33. The summed E-state index contributed by atoms with van der Waals surface area (Å²) in [5, 5.41) is 4.77. The zero-order valence-corrected chi connectivity index (χ0v) is 15.4. The maximum absolute atomic E-state index is 6.08. The SMILES string of the molecule is CC1=C(C)OB(c2c3ccccc3c(-c3ccccc3)c3ccccc23)O1. The molecule has 0 spiro atoms. The van der Waals surface area contributed by atoms with E-state index in [4.69, 9.17) is 9.31 Å². The Bertz CT molecular complexity index is 1120. The van der Waals surface area contributed by atoms with E-state index in [1.165, 1.54) is 32.7 Å². The Morgan fingerprint density at radius 1 is 0.556 bits per heavy atom. The highest BCUT2D eigenvalue weighted by atomic mass is 16.6. The predicted octanol–water partition coefficient (Wildman–Crippen LogP) is 5.65. The van der Waals surface area contributed by atoms with Crippen molar-refractivity contribution in [2.75, 3.05) is 0 Å². The van der Waals surface area contributed by atoms with Gasteiger partial charge in [0.05, 0.1) is 0 Å². The van der Waals surface area contributed by atoms with Crippen LogP contribution in [0.5, 0.6) is 0 Å². The fraction of sp³-hybridized carbons (Fsp3) is 0.0833. The van der Waals surface area contributed by atoms with E-state index in [-0.39, 0.29) is 0 Å². The largest absolute Gasteiger partial charge is 0.633 e. The second-order valence-corrected chi connectivity index (χ2v) is 6.93. The molecule has 0 fully saturated rings. The molecule has 5 rings (SSSR count). The Morgan fingerprint density at radius 3 is 1.52 bits per heavy atom. The molecule has 1 heterocycles. The van der Waals surface area contributed by atoms with Gasteiger partial charge in [-0.3, -0.25) is 0 Å². The lowest BCUT2D eigenvalue weighted by molar-refractivity contribution is 0.392. The topological polar surface area (TPSA) is 18.5 Å². The molecule has 1 aliphatic rings. The summed E-state index contributed by atoms with van der Waals surface area (Å²) in [7, 11) is -0.412. The van der Waals surface area contributed by atoms with Gasteiger partial charge in [-0.1, -0.05) is 78.9 Å². The van der Waals surface area contributed by atoms with Crippen molar-refractivity contribution in [3.8, 4) is 11.1 Å². The Hall–Kier alpha value is -3.20. The van der Waals surface area contributed by atoms with Gasteiger partial charge in [0.2, 0.25) is 0 Å². The molecule has 0 saturated carbocycles. The molecule has 2 nitrogen and oxygen atoms in total. The quantitative estimate of drug-likeness (QED) is 0.343. The van der Waals surface area contributed by atoms with Gasteiger partial charge in [-0.2, -0.15) is 0 Å². The highest BCUT2D eigenvalue weighted by Crippen LogP contribution is 2.36. The van der Waals surface area contributed by atoms with Gasteiger partial charge in [-0.05, 0) is 46.5 Å². The Labute approximate surface area is 159 Å². The minimum absolute atomic E-state index is 0.412. The molecule has 3 heteroatoms. The first-order chi connectivity index (χ1) is 13.2. The van der Waals surface area contributed by atoms with Crippen LogP contribution in [0.15, 0.2) is 90.4 Å². The van der Waals surface area contributed by atoms with Gasteiger partial charge in [-0.15, -0.1) is 0 Å². The van der Waals surface area contributed by atoms with Crippen LogP contribution in [0.25, 0.3) is 32.7 Å². The summed E-state index contributed by atoms with van der Waals surface area (Å²) < 4.78 is 12.2. The second kappa shape index (κ2) is 6.20. The molecular formula is C24H19BO2. The molecule has 0 unspecified atom stereocenters. The summed E-state index contributed by atoms with van der Waals surface area (Å²) in [5.74, 6) is 1.69. The van der Waals surface area contributed by atoms with Crippen LogP contribution < -0.4 is 5.46 Å². The van der Waals surface area contributed by atoms with Crippen molar-refractivity contribution in [3.05, 3.63) is 90.4 Å². The van der Waals surface area contributed by atoms with E-state index in [0.717, 1.165) is 17.0 Å². The molecule has 0 N–H and O–H groups in total. The van der Waals surface area contributed by atoms with Crippen molar-refractivity contribution in [1.82, 2.24) is 0 Å². The number of hydrogen-bond donors (Lipinski definition) is 0. The van der Waals surface area contributed by atoms with Gasteiger partial charge in [0.1, 0.15) is 11.5 Å². The summed E-state index contributed by atoms with van der Waals surface area (Å²) in [6.45, 7) is 3.91. The van der Waals surface area contributed by atoms with Crippen LogP contribution in [0.2, 0.25) is 0 Å². The third kappa shape index (κ3) is 2.50. The number of rotatable bonds is 2. The van der Waals surface area contributed by atoms with Crippen molar-refractivity contribution in [1.29, 1.82) is 0 Å². The summed E-state index contributed by atoms with van der Waals surface area (Å²) in [6, 6.07) is 27.6. The monoisotopic (exact) mass is 350 g/mol. The molecule has 130 valence electrons. The normalized spacial score (nSPS) is 13.9. The lowest BCUT2D eigenvalue weighted by atomic mass is 9.71. The van der Waals surface area contributed by atoms with Crippen LogP contribution >= 0.6 is 0 Å². The van der Waals surface area contributed by atoms with E-state index in [1.807, 2.05) is 13.8 Å². The van der Waals surface area contributed by atoms with E-state index < -0.39 is 7.12 Å². The van der Waals surface area contributed by atoms with E-state index in [0.29, 0.717) is 0 Å². The fourth-order valence-corrected chi connectivity index (χ4v) is 3.96. The molecule has 0 atom stereocenters. The molecule has 0 bridgehead atoms. The average molecular weight is 350 g/mol. The van der Waals surface area contributed by atoms with Crippen LogP contribution in [0, 0.1) is 0 Å². The Balaban J connectivity index is 1.90. The smallest absolute Gasteiger partial charge is 0.523 e. The molecule has 1 aliphatic heterocycles. The van der Waals surface area contributed by atoms with Crippen molar-refractivity contribution in [2.45, 2.75) is 13.8 Å². The van der Waals surface area contributed by atoms with Crippen molar-refractivity contribution in [3.63, 3.8) is 0 Å². The van der Waals surface area contributed by atoms with Crippen LogP contribution in [0.1, 0.15) is 13.8 Å². The van der Waals surface area contributed by atoms with Crippen LogP contribution in [-0.4, -0.2) is 7.12 Å². The van der Waals surface area contributed by atoms with E-state index in [1.54, 1.807) is 0 Å². The highest BCUT2D eigenvalue weighted by Gasteiger charge is 2.36. The van der Waals surface area contributed by atoms with E-state index in [2.05, 4.69) is 78.9 Å². The van der Waals surface area contributed by atoms with Crippen LogP contribution in [0.3, 0.4) is 0 Å². The van der Waals surface area contributed by atoms with Crippen LogP contribution in [-0.2, 0) is 9.31 Å². The molecule has 4 aromatic carbocycles. The second-order valence-electron chi connectivity index (χ2n) is 6.93. The predicted molar refractivity (Wildman–Crippen MR) is 113 cm³/mol. The van der Waals surface area contributed by atoms with Crippen molar-refractivity contribution < 1.29 is 9.31 Å². The van der Waals surface area contributed by atoms with E-state index >= 15 is 0 Å². The third-order valence-electron chi connectivity index (χ3n) is 5.33. The minimum Gasteiger partial charge on any atom is -0.523 e. The molecule has 0 aromatic heterocycles. The number of fused-ring (bicyclic) bond motifs is 2. The highest BCUT2D eigenvalue weighted by molar-refractivity contribution is 6.69. The first kappa shape index (κ1) is 16.0. The first-order valence-electron chi connectivity index (χ1n) is 9.23. The fourth-order valence-electron chi connectivity index (χ4n) is 3.96. The van der Waals surface area contributed by atoms with Gasteiger partial charge in [0.15, 0.2) is 0 Å². The standard InChI is InChI=1S/C24H19BO2/c1-16-17(2)27-25(26-16)24-21-14-8-6-12-19(21)23(18-10-4-3-5-11-18)20-13-7-9-15-22(20)24/h3-15H,1-2H3. The maximum atomic E-state index is 6.08. The maximum Gasteiger partial charge on any atom is 0.633 e. The molecule has 4 aromatic rings. The van der Waals surface area contributed by atoms with Gasteiger partial charge in [-0.25, -0.2) is 0 Å². The molecule has 0 aliphatic carbocycles. The molecule has 27 heavy (non-hydrogen) atoms. The Morgan fingerprint density at radius 2 is 1.00 bits per heavy atom. The first-order valence-corrected chi connectivity index (χ1v) is 9.23. The number of allylic oxidation sites excluding steroid dienone is 2. The summed E-state index contributed by atoms with van der Waals surface area (Å²) in [5.41, 5.74) is 3.57. The van der Waals surface area contributed by atoms with Gasteiger partial charge >= 0.3 is 7.12 Å². The zero-order valence-electron chi connectivity index (χ0n) is 15.4. The molecule has 0 radical (unpaired) electrons. The molecule has 0 saturated heterocycles. The van der Waals surface area contributed by atoms with Crippen LogP contribution in [0.4, 0.5) is 0 Å². The lowest BCUT2D eigenvalue weighted by Gasteiger charge is -2.18. The van der Waals surface area contributed by atoms with Gasteiger partial charge < -0.3 is 9.31 Å². The molecule has 0 amide bonds. The minimum atomic E-state index is -0.412. The van der Waals surface area contributed by atoms with Gasteiger partial charge in [0, 0.05) is 5.46 Å². The Kier molecular flexibility index (Phi) is 3.68. The van der Waals surface area contributed by atoms with Gasteiger partial charge in [0.25, 0.3) is 0 Å². The average Bonchev–Trinajstić information content (AvgIpc) is 3.04. The zero-order chi connectivity index (χ0) is 18.4. The van der Waals surface area contributed by atoms with E-state index in [9.17, 15) is 0 Å². The number of benzene rings is 4. The van der Waals surface area contributed by atoms with Crippen molar-refractivity contribution in [2.24, 2.45) is 0 Å². The molecular weight excluding hydrogens is 331 g/mol. The summed E-state index contributed by atoms with van der Waals surface area (Å²) in [6.07, 6.45) is 0.